The number of anilines is 1. The zero-order valence-electron chi connectivity index (χ0n) is 9.80. The molecule has 0 radical (unpaired) electrons. The molecule has 17 heavy (non-hydrogen) atoms. The van der Waals surface area contributed by atoms with Gasteiger partial charge in [-0.2, -0.15) is 0 Å². The van der Waals surface area contributed by atoms with Gasteiger partial charge < -0.3 is 10.6 Å². The van der Waals surface area contributed by atoms with Crippen LogP contribution in [0.4, 0.5) is 5.95 Å². The molecule has 1 heterocycles. The molecule has 0 fully saturated rings. The van der Waals surface area contributed by atoms with Crippen LogP contribution in [0.3, 0.4) is 0 Å². The Labute approximate surface area is 99.8 Å². The molecule has 0 saturated carbocycles. The highest BCUT2D eigenvalue weighted by Gasteiger charge is 2.11. The Balaban J connectivity index is 2.79. The molecule has 0 unspecified atom stereocenters. The minimum Gasteiger partial charge on any atom is -0.368 e. The van der Waals surface area contributed by atoms with Gasteiger partial charge in [0, 0.05) is 18.9 Å². The van der Waals surface area contributed by atoms with Crippen LogP contribution in [0.25, 0.3) is 0 Å². The lowest BCUT2D eigenvalue weighted by molar-refractivity contribution is -0.116. The van der Waals surface area contributed by atoms with Crippen molar-refractivity contribution in [2.24, 2.45) is 5.73 Å². The normalized spacial score (nSPS) is 9.94. The number of rotatable bonds is 7. The second-order valence-corrected chi connectivity index (χ2v) is 3.68. The van der Waals surface area contributed by atoms with Gasteiger partial charge in [-0.3, -0.25) is 9.59 Å². The lowest BCUT2D eigenvalue weighted by Gasteiger charge is -2.20. The van der Waals surface area contributed by atoms with E-state index in [4.69, 9.17) is 5.73 Å². The van der Waals surface area contributed by atoms with Crippen LogP contribution in [0.1, 0.15) is 30.1 Å². The summed E-state index contributed by atoms with van der Waals surface area (Å²) in [4.78, 5) is 31.2. The van der Waals surface area contributed by atoms with Crippen LogP contribution in [0.5, 0.6) is 0 Å². The van der Waals surface area contributed by atoms with Crippen molar-refractivity contribution in [1.29, 1.82) is 0 Å². The van der Waals surface area contributed by atoms with E-state index in [1.54, 1.807) is 4.90 Å². The number of nitrogens with zero attached hydrogens (tertiary/aromatic N) is 3. The molecule has 1 amide bonds. The first-order valence-electron chi connectivity index (χ1n) is 5.47. The minimum absolute atomic E-state index is 0.0838. The van der Waals surface area contributed by atoms with Crippen LogP contribution in [0.2, 0.25) is 0 Å². The maximum atomic E-state index is 10.9. The van der Waals surface area contributed by atoms with Gasteiger partial charge in [0.25, 0.3) is 0 Å². The van der Waals surface area contributed by atoms with Crippen molar-refractivity contribution in [3.05, 3.63) is 18.0 Å². The molecule has 6 nitrogen and oxygen atoms in total. The summed E-state index contributed by atoms with van der Waals surface area (Å²) >= 11 is 0. The van der Waals surface area contributed by atoms with Gasteiger partial charge >= 0.3 is 0 Å². The third kappa shape index (κ3) is 4.18. The Morgan fingerprint density at radius 1 is 1.47 bits per heavy atom. The van der Waals surface area contributed by atoms with E-state index in [0.29, 0.717) is 24.3 Å². The van der Waals surface area contributed by atoms with Crippen molar-refractivity contribution < 1.29 is 9.59 Å². The highest BCUT2D eigenvalue weighted by molar-refractivity contribution is 5.79. The SMILES string of the molecule is CCCCN(CC(N)=O)c1ncc(C=O)cn1. The van der Waals surface area contributed by atoms with Crippen LogP contribution in [0, 0.1) is 0 Å². The number of carbonyl (C=O) groups is 2. The molecule has 1 aromatic heterocycles. The number of carbonyl (C=O) groups excluding carboxylic acids is 2. The number of aldehydes is 1. The Morgan fingerprint density at radius 2 is 2.12 bits per heavy atom. The highest BCUT2D eigenvalue weighted by atomic mass is 16.1. The lowest BCUT2D eigenvalue weighted by Crippen LogP contribution is -2.35. The Kier molecular flexibility index (Phi) is 5.06. The summed E-state index contributed by atoms with van der Waals surface area (Å²) in [6, 6.07) is 0. The number of hydrogen-bond donors (Lipinski definition) is 1. The summed E-state index contributed by atoms with van der Waals surface area (Å²) in [5.41, 5.74) is 5.57. The van der Waals surface area contributed by atoms with E-state index in [2.05, 4.69) is 16.9 Å². The van der Waals surface area contributed by atoms with E-state index >= 15 is 0 Å². The first-order valence-corrected chi connectivity index (χ1v) is 5.47. The monoisotopic (exact) mass is 236 g/mol. The second kappa shape index (κ2) is 6.57. The summed E-state index contributed by atoms with van der Waals surface area (Å²) in [6.45, 7) is 2.80. The fourth-order valence-corrected chi connectivity index (χ4v) is 1.34. The molecule has 0 spiro atoms. The van der Waals surface area contributed by atoms with E-state index < -0.39 is 5.91 Å². The summed E-state index contributed by atoms with van der Waals surface area (Å²) in [6.07, 6.45) is 5.45. The zero-order valence-corrected chi connectivity index (χ0v) is 9.80. The van der Waals surface area contributed by atoms with E-state index in [-0.39, 0.29) is 6.54 Å². The molecule has 0 bridgehead atoms. The molecule has 1 rings (SSSR count). The Hall–Kier alpha value is -1.98. The predicted octanol–water partition coefficient (Wildman–Crippen LogP) is 0.381. The first kappa shape index (κ1) is 13.1. The predicted molar refractivity (Wildman–Crippen MR) is 63.7 cm³/mol. The largest absolute Gasteiger partial charge is 0.368 e. The Morgan fingerprint density at radius 3 is 2.59 bits per heavy atom. The van der Waals surface area contributed by atoms with Gasteiger partial charge in [-0.05, 0) is 6.42 Å². The fourth-order valence-electron chi connectivity index (χ4n) is 1.34. The van der Waals surface area contributed by atoms with E-state index in [1.165, 1.54) is 12.4 Å². The van der Waals surface area contributed by atoms with Gasteiger partial charge in [0.15, 0.2) is 6.29 Å². The lowest BCUT2D eigenvalue weighted by atomic mass is 10.3. The van der Waals surface area contributed by atoms with Crippen LogP contribution < -0.4 is 10.6 Å². The van der Waals surface area contributed by atoms with Crippen molar-refractivity contribution in [2.45, 2.75) is 19.8 Å². The van der Waals surface area contributed by atoms with Gasteiger partial charge in [-0.25, -0.2) is 9.97 Å². The van der Waals surface area contributed by atoms with Gasteiger partial charge in [0.05, 0.1) is 12.1 Å². The quantitative estimate of drug-likeness (QED) is 0.691. The van der Waals surface area contributed by atoms with Gasteiger partial charge in [-0.15, -0.1) is 0 Å². The molecule has 0 aliphatic heterocycles. The molecule has 0 aliphatic rings. The van der Waals surface area contributed by atoms with Crippen molar-refractivity contribution in [3.63, 3.8) is 0 Å². The van der Waals surface area contributed by atoms with E-state index in [9.17, 15) is 9.59 Å². The summed E-state index contributed by atoms with van der Waals surface area (Å²) < 4.78 is 0. The molecule has 2 N–H and O–H groups in total. The molecule has 92 valence electrons. The van der Waals surface area contributed by atoms with Gasteiger partial charge in [-0.1, -0.05) is 13.3 Å². The second-order valence-electron chi connectivity index (χ2n) is 3.68. The average molecular weight is 236 g/mol. The maximum absolute atomic E-state index is 10.9. The molecular weight excluding hydrogens is 220 g/mol. The van der Waals surface area contributed by atoms with Gasteiger partial charge in [0.2, 0.25) is 11.9 Å². The third-order valence-electron chi connectivity index (χ3n) is 2.21. The zero-order chi connectivity index (χ0) is 12.7. The van der Waals surface area contributed by atoms with Crippen LogP contribution in [-0.4, -0.2) is 35.3 Å². The minimum atomic E-state index is -0.427. The third-order valence-corrected chi connectivity index (χ3v) is 2.21. The number of aromatic nitrogens is 2. The summed E-state index contributed by atoms with van der Waals surface area (Å²) in [5.74, 6) is -0.00739. The number of unbranched alkanes of at least 4 members (excludes halogenated alkanes) is 1. The van der Waals surface area contributed by atoms with Crippen molar-refractivity contribution in [1.82, 2.24) is 9.97 Å². The molecule has 0 atom stereocenters. The highest BCUT2D eigenvalue weighted by Crippen LogP contribution is 2.07. The number of hydrogen-bond acceptors (Lipinski definition) is 5. The number of primary amides is 1. The van der Waals surface area contributed by atoms with Crippen LogP contribution in [0.15, 0.2) is 12.4 Å². The van der Waals surface area contributed by atoms with E-state index in [1.807, 2.05) is 0 Å². The molecule has 6 heteroatoms. The average Bonchev–Trinajstić information content (AvgIpc) is 2.34. The summed E-state index contributed by atoms with van der Waals surface area (Å²) in [7, 11) is 0. The summed E-state index contributed by atoms with van der Waals surface area (Å²) in [5, 5.41) is 0. The number of nitrogens with two attached hydrogens (primary N) is 1. The molecule has 1 aromatic rings. The van der Waals surface area contributed by atoms with Crippen molar-refractivity contribution in [3.8, 4) is 0 Å². The first-order chi connectivity index (χ1) is 8.17. The Bertz CT molecular complexity index is 378. The number of amides is 1. The fraction of sp³-hybridized carbons (Fsp3) is 0.455. The molecule has 0 aromatic carbocycles. The molecular formula is C11H16N4O2. The van der Waals surface area contributed by atoms with Crippen molar-refractivity contribution >= 4 is 18.1 Å². The van der Waals surface area contributed by atoms with Crippen molar-refractivity contribution in [2.75, 3.05) is 18.0 Å². The topological polar surface area (TPSA) is 89.2 Å². The molecule has 0 saturated heterocycles. The standard InChI is InChI=1S/C11H16N4O2/c1-2-3-4-15(7-10(12)17)11-13-5-9(8-16)6-14-11/h5-6,8H,2-4,7H2,1H3,(H2,12,17). The van der Waals surface area contributed by atoms with E-state index in [0.717, 1.165) is 12.8 Å². The maximum Gasteiger partial charge on any atom is 0.237 e. The van der Waals surface area contributed by atoms with Crippen LogP contribution >= 0.6 is 0 Å². The van der Waals surface area contributed by atoms with Crippen LogP contribution in [-0.2, 0) is 4.79 Å². The van der Waals surface area contributed by atoms with Gasteiger partial charge in [0.1, 0.15) is 0 Å². The molecule has 0 aliphatic carbocycles. The smallest absolute Gasteiger partial charge is 0.237 e.